The Morgan fingerprint density at radius 3 is 2.47 bits per heavy atom. The zero-order valence-corrected chi connectivity index (χ0v) is 18.8. The van der Waals surface area contributed by atoms with E-state index in [2.05, 4.69) is 41.5 Å². The first-order chi connectivity index (χ1) is 15.3. The predicted molar refractivity (Wildman–Crippen MR) is 127 cm³/mol. The van der Waals surface area contributed by atoms with Gasteiger partial charge in [0, 0.05) is 28.9 Å². The fourth-order valence-corrected chi connectivity index (χ4v) is 3.64. The number of amides is 2. The van der Waals surface area contributed by atoms with E-state index in [4.69, 9.17) is 0 Å². The minimum atomic E-state index is -0.310. The van der Waals surface area contributed by atoms with Crippen LogP contribution in [0.4, 0.5) is 11.5 Å². The Morgan fingerprint density at radius 2 is 1.78 bits per heavy atom. The van der Waals surface area contributed by atoms with Crippen LogP contribution in [0.1, 0.15) is 46.5 Å². The maximum Gasteiger partial charge on any atom is 0.265 e. The number of carbonyl (C=O) groups is 2. The third-order valence-electron chi connectivity index (χ3n) is 4.71. The van der Waals surface area contributed by atoms with Gasteiger partial charge in [-0.2, -0.15) is 9.78 Å². The quantitative estimate of drug-likeness (QED) is 0.446. The molecule has 0 aliphatic carbocycles. The molecule has 1 aromatic carbocycles. The minimum absolute atomic E-state index is 0.203. The van der Waals surface area contributed by atoms with Crippen molar-refractivity contribution >= 4 is 34.7 Å². The molecular formula is C24H23N5O2S. The summed E-state index contributed by atoms with van der Waals surface area (Å²) in [5.41, 5.74) is 1.59. The normalized spacial score (nSPS) is 11.2. The van der Waals surface area contributed by atoms with Crippen molar-refractivity contribution in [1.82, 2.24) is 14.8 Å². The van der Waals surface area contributed by atoms with Gasteiger partial charge in [-0.15, -0.1) is 11.3 Å². The van der Waals surface area contributed by atoms with Crippen LogP contribution in [0.15, 0.2) is 72.2 Å². The zero-order valence-electron chi connectivity index (χ0n) is 18.0. The average Bonchev–Trinajstić information content (AvgIpc) is 3.45. The number of thiophene rings is 1. The van der Waals surface area contributed by atoms with Gasteiger partial charge in [-0.05, 0) is 41.8 Å². The lowest BCUT2D eigenvalue weighted by molar-refractivity contribution is 0.101. The second-order valence-corrected chi connectivity index (χ2v) is 9.18. The highest BCUT2D eigenvalue weighted by Crippen LogP contribution is 2.26. The maximum absolute atomic E-state index is 13.0. The van der Waals surface area contributed by atoms with Gasteiger partial charge >= 0.3 is 0 Å². The molecule has 4 aromatic rings. The summed E-state index contributed by atoms with van der Waals surface area (Å²) in [7, 11) is 0. The summed E-state index contributed by atoms with van der Waals surface area (Å²) in [6, 6.07) is 17.8. The maximum atomic E-state index is 13.0. The van der Waals surface area contributed by atoms with Crippen molar-refractivity contribution in [3.05, 3.63) is 88.4 Å². The minimum Gasteiger partial charge on any atom is -0.321 e. The fraction of sp³-hybridized carbons (Fsp3) is 0.167. The van der Waals surface area contributed by atoms with Crippen LogP contribution in [0.5, 0.6) is 0 Å². The highest BCUT2D eigenvalue weighted by atomic mass is 32.1. The molecule has 0 fully saturated rings. The molecule has 0 unspecified atom stereocenters. The van der Waals surface area contributed by atoms with Crippen molar-refractivity contribution < 1.29 is 9.59 Å². The molecule has 32 heavy (non-hydrogen) atoms. The molecule has 0 atom stereocenters. The molecule has 0 saturated heterocycles. The number of nitrogens with one attached hydrogen (secondary N) is 2. The van der Waals surface area contributed by atoms with Gasteiger partial charge in [-0.3, -0.25) is 9.59 Å². The van der Waals surface area contributed by atoms with Crippen LogP contribution in [0, 0.1) is 0 Å². The molecule has 0 radical (unpaired) electrons. The van der Waals surface area contributed by atoms with Crippen LogP contribution in [0.25, 0.3) is 5.82 Å². The molecule has 162 valence electrons. The van der Waals surface area contributed by atoms with Crippen molar-refractivity contribution in [3.63, 3.8) is 0 Å². The van der Waals surface area contributed by atoms with E-state index in [0.29, 0.717) is 27.8 Å². The Kier molecular flexibility index (Phi) is 5.87. The number of aromatic nitrogens is 3. The molecule has 0 saturated carbocycles. The molecule has 3 heterocycles. The number of pyridine rings is 1. The van der Waals surface area contributed by atoms with Crippen molar-refractivity contribution in [2.45, 2.75) is 26.2 Å². The third kappa shape index (κ3) is 4.76. The number of rotatable bonds is 5. The van der Waals surface area contributed by atoms with E-state index < -0.39 is 0 Å². The molecule has 2 amide bonds. The van der Waals surface area contributed by atoms with Crippen LogP contribution < -0.4 is 10.6 Å². The highest BCUT2D eigenvalue weighted by Gasteiger charge is 2.22. The van der Waals surface area contributed by atoms with Gasteiger partial charge in [-0.25, -0.2) is 4.98 Å². The number of hydrogen-bond donors (Lipinski definition) is 2. The van der Waals surface area contributed by atoms with Gasteiger partial charge < -0.3 is 10.6 Å². The zero-order chi connectivity index (χ0) is 22.7. The Morgan fingerprint density at radius 1 is 0.938 bits per heavy atom. The Hall–Kier alpha value is -3.78. The smallest absolute Gasteiger partial charge is 0.265 e. The number of carbonyl (C=O) groups excluding carboxylic acids is 2. The molecular weight excluding hydrogens is 422 g/mol. The second kappa shape index (κ2) is 8.76. The SMILES string of the molecule is CC(C)(C)c1cc(NC(=O)c2cccc(NC(=O)c3cccs3)c2)n(-c2ccccn2)n1. The summed E-state index contributed by atoms with van der Waals surface area (Å²) < 4.78 is 1.63. The first-order valence-corrected chi connectivity index (χ1v) is 11.0. The molecule has 0 spiro atoms. The molecule has 0 bridgehead atoms. The Bertz CT molecular complexity index is 1240. The Balaban J connectivity index is 1.59. The first-order valence-electron chi connectivity index (χ1n) is 10.1. The van der Waals surface area contributed by atoms with Crippen molar-refractivity contribution in [2.24, 2.45) is 0 Å². The molecule has 8 heteroatoms. The van der Waals surface area contributed by atoms with Gasteiger partial charge in [0.1, 0.15) is 5.82 Å². The third-order valence-corrected chi connectivity index (χ3v) is 5.58. The topological polar surface area (TPSA) is 88.9 Å². The number of benzene rings is 1. The van der Waals surface area contributed by atoms with Crippen LogP contribution >= 0.6 is 11.3 Å². The van der Waals surface area contributed by atoms with Crippen LogP contribution in [0.3, 0.4) is 0 Å². The van der Waals surface area contributed by atoms with Crippen LogP contribution in [0.2, 0.25) is 0 Å². The van der Waals surface area contributed by atoms with Gasteiger partial charge in [0.15, 0.2) is 5.82 Å². The summed E-state index contributed by atoms with van der Waals surface area (Å²) in [5, 5.41) is 12.3. The predicted octanol–water partition coefficient (Wildman–Crippen LogP) is 5.13. The number of hydrogen-bond acceptors (Lipinski definition) is 5. The molecule has 0 aliphatic heterocycles. The summed E-state index contributed by atoms with van der Waals surface area (Å²) >= 11 is 1.36. The summed E-state index contributed by atoms with van der Waals surface area (Å²) in [5.74, 6) is 0.609. The van der Waals surface area contributed by atoms with Gasteiger partial charge in [-0.1, -0.05) is 39.0 Å². The Labute approximate surface area is 190 Å². The lowest BCUT2D eigenvalue weighted by atomic mass is 9.92. The van der Waals surface area contributed by atoms with E-state index in [0.717, 1.165) is 5.69 Å². The lowest BCUT2D eigenvalue weighted by Crippen LogP contribution is -2.16. The largest absolute Gasteiger partial charge is 0.321 e. The summed E-state index contributed by atoms with van der Waals surface area (Å²) in [6.07, 6.45) is 1.68. The van der Waals surface area contributed by atoms with Gasteiger partial charge in [0.05, 0.1) is 10.6 Å². The monoisotopic (exact) mass is 445 g/mol. The highest BCUT2D eigenvalue weighted by molar-refractivity contribution is 7.12. The van der Waals surface area contributed by atoms with Gasteiger partial charge in [0.2, 0.25) is 0 Å². The first kappa shape index (κ1) is 21.5. The van der Waals surface area contributed by atoms with E-state index in [-0.39, 0.29) is 17.2 Å². The molecule has 7 nitrogen and oxygen atoms in total. The van der Waals surface area contributed by atoms with Crippen LogP contribution in [-0.2, 0) is 5.41 Å². The number of anilines is 2. The lowest BCUT2D eigenvalue weighted by Gasteiger charge is -2.13. The molecule has 4 rings (SSSR count). The van der Waals surface area contributed by atoms with E-state index >= 15 is 0 Å². The number of nitrogens with zero attached hydrogens (tertiary/aromatic N) is 3. The van der Waals surface area contributed by atoms with Crippen molar-refractivity contribution in [1.29, 1.82) is 0 Å². The standard InChI is InChI=1S/C24H23N5O2S/c1-24(2,3)19-15-21(29(28-19)20-11-4-5-12-25-20)27-22(30)16-8-6-9-17(14-16)26-23(31)18-10-7-13-32-18/h4-15H,1-3H3,(H,26,31)(H,27,30). The summed E-state index contributed by atoms with van der Waals surface area (Å²) in [6.45, 7) is 6.18. The molecule has 3 aromatic heterocycles. The van der Waals surface area contributed by atoms with E-state index in [9.17, 15) is 9.59 Å². The van der Waals surface area contributed by atoms with Crippen molar-refractivity contribution in [2.75, 3.05) is 10.6 Å². The van der Waals surface area contributed by atoms with Gasteiger partial charge in [0.25, 0.3) is 11.8 Å². The van der Waals surface area contributed by atoms with E-state index in [1.807, 2.05) is 35.7 Å². The molecule has 0 aliphatic rings. The second-order valence-electron chi connectivity index (χ2n) is 8.23. The van der Waals surface area contributed by atoms with E-state index in [1.165, 1.54) is 11.3 Å². The fourth-order valence-electron chi connectivity index (χ4n) is 3.02. The van der Waals surface area contributed by atoms with Crippen LogP contribution in [-0.4, -0.2) is 26.6 Å². The average molecular weight is 446 g/mol. The van der Waals surface area contributed by atoms with E-state index in [1.54, 1.807) is 41.2 Å². The molecule has 2 N–H and O–H groups in total. The van der Waals surface area contributed by atoms with Crippen molar-refractivity contribution in [3.8, 4) is 5.82 Å². The summed E-state index contributed by atoms with van der Waals surface area (Å²) in [4.78, 5) is 30.3.